The van der Waals surface area contributed by atoms with E-state index in [1.165, 1.54) is 4.88 Å². The summed E-state index contributed by atoms with van der Waals surface area (Å²) in [5.41, 5.74) is 1.08. The molecule has 0 aromatic carbocycles. The van der Waals surface area contributed by atoms with Gasteiger partial charge in [0.25, 0.3) is 5.56 Å². The minimum atomic E-state index is 0.0730. The van der Waals surface area contributed by atoms with Crippen LogP contribution in [0.1, 0.15) is 35.3 Å². The van der Waals surface area contributed by atoms with Crippen molar-refractivity contribution in [3.8, 4) is 0 Å². The molecule has 6 nitrogen and oxygen atoms in total. The first-order valence-electron chi connectivity index (χ1n) is 9.18. The third kappa shape index (κ3) is 6.29. The summed E-state index contributed by atoms with van der Waals surface area (Å²) in [7, 11) is 1.78. The molecule has 0 spiro atoms. The van der Waals surface area contributed by atoms with Crippen LogP contribution >= 0.6 is 11.3 Å². The van der Waals surface area contributed by atoms with Crippen LogP contribution < -0.4 is 16.2 Å². The van der Waals surface area contributed by atoms with Gasteiger partial charge in [-0.15, -0.1) is 11.3 Å². The lowest BCUT2D eigenvalue weighted by molar-refractivity contribution is 0.575. The van der Waals surface area contributed by atoms with E-state index < -0.39 is 0 Å². The van der Waals surface area contributed by atoms with E-state index in [0.29, 0.717) is 0 Å². The number of hydrogen-bond acceptors (Lipinski definition) is 4. The highest BCUT2D eigenvalue weighted by Crippen LogP contribution is 2.13. The Kier molecular flexibility index (Phi) is 8.34. The zero-order valence-corrected chi connectivity index (χ0v) is 16.7. The standard InChI is InChI=1S/C19H29N5OS/c1-4-16-14-23-17(26-16)10-12-22-19(20-3)21-11-5-6-13-24-15(2)8-7-9-18(24)25/h7-9,14H,4-6,10-13H2,1-3H3,(H2,20,21,22). The fourth-order valence-electron chi connectivity index (χ4n) is 2.65. The molecule has 142 valence electrons. The van der Waals surface area contributed by atoms with Crippen molar-refractivity contribution in [2.24, 2.45) is 4.99 Å². The number of nitrogens with one attached hydrogen (secondary N) is 2. The second-order valence-electron chi connectivity index (χ2n) is 6.11. The normalized spacial score (nSPS) is 11.6. The highest BCUT2D eigenvalue weighted by atomic mass is 32.1. The van der Waals surface area contributed by atoms with Crippen LogP contribution in [0.3, 0.4) is 0 Å². The van der Waals surface area contributed by atoms with Gasteiger partial charge >= 0.3 is 0 Å². The van der Waals surface area contributed by atoms with Gasteiger partial charge in [0.2, 0.25) is 0 Å². The van der Waals surface area contributed by atoms with Crippen molar-refractivity contribution in [3.05, 3.63) is 50.3 Å². The average Bonchev–Trinajstić information content (AvgIpc) is 3.10. The maximum absolute atomic E-state index is 11.8. The van der Waals surface area contributed by atoms with Crippen LogP contribution in [0.15, 0.2) is 34.2 Å². The second kappa shape index (κ2) is 10.8. The van der Waals surface area contributed by atoms with Gasteiger partial charge in [-0.3, -0.25) is 9.79 Å². The zero-order valence-electron chi connectivity index (χ0n) is 15.9. The van der Waals surface area contributed by atoms with Crippen LogP contribution in [0.4, 0.5) is 0 Å². The van der Waals surface area contributed by atoms with Crippen molar-refractivity contribution in [3.63, 3.8) is 0 Å². The third-order valence-electron chi connectivity index (χ3n) is 4.17. The Bertz CT molecular complexity index is 765. The number of aromatic nitrogens is 2. The molecule has 26 heavy (non-hydrogen) atoms. The van der Waals surface area contributed by atoms with Crippen LogP contribution in [0.5, 0.6) is 0 Å². The maximum Gasteiger partial charge on any atom is 0.250 e. The van der Waals surface area contributed by atoms with Crippen molar-refractivity contribution in [2.75, 3.05) is 20.1 Å². The van der Waals surface area contributed by atoms with Gasteiger partial charge in [-0.25, -0.2) is 4.98 Å². The highest BCUT2D eigenvalue weighted by Gasteiger charge is 2.02. The molecular formula is C19H29N5OS. The SMILES string of the molecule is CCc1cnc(CCNC(=NC)NCCCCn2c(C)cccc2=O)s1. The van der Waals surface area contributed by atoms with E-state index in [4.69, 9.17) is 0 Å². The summed E-state index contributed by atoms with van der Waals surface area (Å²) in [6.07, 6.45) is 5.85. The predicted octanol–water partition coefficient (Wildman–Crippen LogP) is 2.36. The van der Waals surface area contributed by atoms with E-state index in [2.05, 4.69) is 27.5 Å². The molecule has 2 heterocycles. The van der Waals surface area contributed by atoms with E-state index in [-0.39, 0.29) is 5.56 Å². The lowest BCUT2D eigenvalue weighted by atomic mass is 10.3. The molecule has 0 radical (unpaired) electrons. The Morgan fingerprint density at radius 3 is 2.77 bits per heavy atom. The number of pyridine rings is 1. The first-order valence-corrected chi connectivity index (χ1v) is 10.00. The van der Waals surface area contributed by atoms with Gasteiger partial charge in [-0.05, 0) is 32.3 Å². The molecule has 0 aliphatic carbocycles. The highest BCUT2D eigenvalue weighted by molar-refractivity contribution is 7.11. The summed E-state index contributed by atoms with van der Waals surface area (Å²) in [6.45, 7) is 6.52. The largest absolute Gasteiger partial charge is 0.356 e. The van der Waals surface area contributed by atoms with Gasteiger partial charge < -0.3 is 15.2 Å². The molecule has 0 bridgehead atoms. The van der Waals surface area contributed by atoms with Crippen molar-refractivity contribution in [1.82, 2.24) is 20.2 Å². The molecule has 0 saturated carbocycles. The van der Waals surface area contributed by atoms with Gasteiger partial charge in [0.05, 0.1) is 5.01 Å². The second-order valence-corrected chi connectivity index (χ2v) is 7.31. The van der Waals surface area contributed by atoms with E-state index >= 15 is 0 Å². The molecule has 0 aliphatic rings. The molecule has 0 unspecified atom stereocenters. The summed E-state index contributed by atoms with van der Waals surface area (Å²) in [6, 6.07) is 5.39. The lowest BCUT2D eigenvalue weighted by Crippen LogP contribution is -2.38. The molecule has 0 fully saturated rings. The molecule has 2 aromatic rings. The molecule has 2 N–H and O–H groups in total. The maximum atomic E-state index is 11.8. The fraction of sp³-hybridized carbons (Fsp3) is 0.526. The number of guanidine groups is 1. The molecule has 0 saturated heterocycles. The van der Waals surface area contributed by atoms with E-state index in [1.54, 1.807) is 30.5 Å². The van der Waals surface area contributed by atoms with E-state index in [1.807, 2.05) is 23.8 Å². The number of hydrogen-bond donors (Lipinski definition) is 2. The summed E-state index contributed by atoms with van der Waals surface area (Å²) < 4.78 is 1.83. The third-order valence-corrected chi connectivity index (χ3v) is 5.38. The van der Waals surface area contributed by atoms with Gasteiger partial charge in [0.1, 0.15) is 0 Å². The van der Waals surface area contributed by atoms with Crippen LogP contribution in [0, 0.1) is 6.92 Å². The van der Waals surface area contributed by atoms with Gasteiger partial charge in [-0.1, -0.05) is 13.0 Å². The molecule has 2 rings (SSSR count). The Hall–Kier alpha value is -2.15. The fourth-order valence-corrected chi connectivity index (χ4v) is 3.51. The Labute approximate surface area is 159 Å². The summed E-state index contributed by atoms with van der Waals surface area (Å²) >= 11 is 1.78. The Morgan fingerprint density at radius 1 is 1.27 bits per heavy atom. The van der Waals surface area contributed by atoms with Gasteiger partial charge in [0.15, 0.2) is 5.96 Å². The van der Waals surface area contributed by atoms with Crippen molar-refractivity contribution in [2.45, 2.75) is 46.1 Å². The van der Waals surface area contributed by atoms with Crippen molar-refractivity contribution >= 4 is 17.3 Å². The van der Waals surface area contributed by atoms with Crippen LogP contribution in [-0.2, 0) is 19.4 Å². The molecular weight excluding hydrogens is 346 g/mol. The van der Waals surface area contributed by atoms with Crippen LogP contribution in [0.2, 0.25) is 0 Å². The Morgan fingerprint density at radius 2 is 2.08 bits per heavy atom. The van der Waals surface area contributed by atoms with E-state index in [9.17, 15) is 4.79 Å². The molecule has 0 aliphatic heterocycles. The first kappa shape index (κ1) is 20.2. The van der Waals surface area contributed by atoms with E-state index in [0.717, 1.165) is 62.0 Å². The van der Waals surface area contributed by atoms with Gasteiger partial charge in [0, 0.05) is 55.9 Å². The number of rotatable bonds is 9. The molecule has 2 aromatic heterocycles. The minimum absolute atomic E-state index is 0.0730. The predicted molar refractivity (Wildman–Crippen MR) is 109 cm³/mol. The number of thiazole rings is 1. The summed E-state index contributed by atoms with van der Waals surface area (Å²) in [5, 5.41) is 7.81. The Balaban J connectivity index is 1.63. The number of unbranched alkanes of at least 4 members (excludes halogenated alkanes) is 1. The van der Waals surface area contributed by atoms with Gasteiger partial charge in [-0.2, -0.15) is 0 Å². The first-order chi connectivity index (χ1) is 12.6. The summed E-state index contributed by atoms with van der Waals surface area (Å²) in [5.74, 6) is 0.810. The molecule has 7 heteroatoms. The zero-order chi connectivity index (χ0) is 18.8. The van der Waals surface area contributed by atoms with Crippen molar-refractivity contribution in [1.29, 1.82) is 0 Å². The van der Waals surface area contributed by atoms with Crippen LogP contribution in [-0.4, -0.2) is 35.6 Å². The van der Waals surface area contributed by atoms with Crippen LogP contribution in [0.25, 0.3) is 0 Å². The van der Waals surface area contributed by atoms with Crippen molar-refractivity contribution < 1.29 is 0 Å². The lowest BCUT2D eigenvalue weighted by Gasteiger charge is -2.12. The smallest absolute Gasteiger partial charge is 0.250 e. The number of aliphatic imine (C=N–C) groups is 1. The average molecular weight is 376 g/mol. The topological polar surface area (TPSA) is 71.3 Å². The quantitative estimate of drug-likeness (QED) is 0.401. The molecule has 0 atom stereocenters. The molecule has 0 amide bonds. The minimum Gasteiger partial charge on any atom is -0.356 e. The number of nitrogens with zero attached hydrogens (tertiary/aromatic N) is 3. The monoisotopic (exact) mass is 375 g/mol. The summed E-state index contributed by atoms with van der Waals surface area (Å²) in [4.78, 5) is 21.8. The number of aryl methyl sites for hydroxylation is 2.